The molecule has 0 aromatic heterocycles. The van der Waals surface area contributed by atoms with E-state index in [0.29, 0.717) is 0 Å². The van der Waals surface area contributed by atoms with Gasteiger partial charge in [-0.1, -0.05) is 23.2 Å². The Morgan fingerprint density at radius 1 is 1.28 bits per heavy atom. The molecule has 1 aromatic rings. The van der Waals surface area contributed by atoms with E-state index in [4.69, 9.17) is 28.3 Å². The van der Waals surface area contributed by atoms with Crippen molar-refractivity contribution in [1.29, 1.82) is 0 Å². The predicted octanol–water partition coefficient (Wildman–Crippen LogP) is 2.00. The lowest BCUT2D eigenvalue weighted by molar-refractivity contribution is -0.139. The molecule has 1 unspecified atom stereocenters. The van der Waals surface area contributed by atoms with Crippen molar-refractivity contribution in [3.8, 4) is 0 Å². The number of carbonyl (C=O) groups is 3. The van der Waals surface area contributed by atoms with Gasteiger partial charge >= 0.3 is 5.97 Å². The molecule has 1 aliphatic heterocycles. The summed E-state index contributed by atoms with van der Waals surface area (Å²) in [6, 6.07) is 1.61. The summed E-state index contributed by atoms with van der Waals surface area (Å²) in [6.07, 6.45) is 0. The number of carboxylic acids is 1. The largest absolute Gasteiger partial charge is 0.480 e. The van der Waals surface area contributed by atoms with E-state index < -0.39 is 23.7 Å². The molecule has 5 nitrogen and oxygen atoms in total. The smallest absolute Gasteiger partial charge is 0.326 e. The fourth-order valence-corrected chi connectivity index (χ4v) is 2.28. The fourth-order valence-electron chi connectivity index (χ4n) is 1.79. The summed E-state index contributed by atoms with van der Waals surface area (Å²) >= 11 is 11.8. The quantitative estimate of drug-likeness (QED) is 0.844. The maximum atomic E-state index is 11.8. The molecular weight excluding hydrogens is 281 g/mol. The molecule has 0 aliphatic carbocycles. The summed E-state index contributed by atoms with van der Waals surface area (Å²) < 4.78 is 0. The van der Waals surface area contributed by atoms with E-state index in [1.807, 2.05) is 0 Å². The minimum atomic E-state index is -1.24. The molecule has 1 amide bonds. The zero-order chi connectivity index (χ0) is 13.6. The van der Waals surface area contributed by atoms with Crippen LogP contribution in [0.5, 0.6) is 0 Å². The van der Waals surface area contributed by atoms with Gasteiger partial charge in [0.25, 0.3) is 11.7 Å². The molecule has 94 valence electrons. The number of anilines is 1. The first-order chi connectivity index (χ1) is 8.36. The highest BCUT2D eigenvalue weighted by Crippen LogP contribution is 2.40. The first kappa shape index (κ1) is 12.9. The second-order valence-electron chi connectivity index (χ2n) is 3.77. The van der Waals surface area contributed by atoms with Gasteiger partial charge in [0.1, 0.15) is 6.04 Å². The van der Waals surface area contributed by atoms with Crippen LogP contribution in [0.15, 0.2) is 12.1 Å². The third-order valence-corrected chi connectivity index (χ3v) is 3.32. The molecule has 0 fully saturated rings. The van der Waals surface area contributed by atoms with Crippen LogP contribution in [0.4, 0.5) is 5.69 Å². The van der Waals surface area contributed by atoms with Gasteiger partial charge in [0.2, 0.25) is 0 Å². The number of hydrogen-bond acceptors (Lipinski definition) is 3. The molecule has 1 aliphatic rings. The molecule has 0 saturated carbocycles. The number of carbonyl (C=O) groups excluding carboxylic acids is 2. The molecule has 0 saturated heterocycles. The summed E-state index contributed by atoms with van der Waals surface area (Å²) in [5.41, 5.74) is 0.0244. The molecule has 0 bridgehead atoms. The molecule has 1 N–H and O–H groups in total. The number of amides is 1. The lowest BCUT2D eigenvalue weighted by Crippen LogP contribution is -2.42. The molecule has 0 spiro atoms. The van der Waals surface area contributed by atoms with Crippen LogP contribution in [0.3, 0.4) is 0 Å². The van der Waals surface area contributed by atoms with Crippen LogP contribution in [0.1, 0.15) is 17.3 Å². The first-order valence-electron chi connectivity index (χ1n) is 4.95. The second-order valence-corrected chi connectivity index (χ2v) is 4.59. The Labute approximate surface area is 112 Å². The van der Waals surface area contributed by atoms with Crippen LogP contribution in [0, 0.1) is 0 Å². The molecule has 0 radical (unpaired) electrons. The number of fused-ring (bicyclic) bond motifs is 1. The van der Waals surface area contributed by atoms with Crippen molar-refractivity contribution in [3.63, 3.8) is 0 Å². The van der Waals surface area contributed by atoms with Crippen molar-refractivity contribution in [2.24, 2.45) is 0 Å². The van der Waals surface area contributed by atoms with Gasteiger partial charge in [-0.3, -0.25) is 14.5 Å². The van der Waals surface area contributed by atoms with Crippen molar-refractivity contribution >= 4 is 46.5 Å². The van der Waals surface area contributed by atoms with E-state index in [1.165, 1.54) is 19.1 Å². The van der Waals surface area contributed by atoms with Crippen molar-refractivity contribution in [2.75, 3.05) is 4.90 Å². The molecular formula is C11H7Cl2NO4. The number of benzene rings is 1. The minimum Gasteiger partial charge on any atom is -0.480 e. The van der Waals surface area contributed by atoms with Gasteiger partial charge in [-0.2, -0.15) is 0 Å². The van der Waals surface area contributed by atoms with E-state index in [-0.39, 0.29) is 21.3 Å². The highest BCUT2D eigenvalue weighted by Gasteiger charge is 2.43. The first-order valence-corrected chi connectivity index (χ1v) is 5.70. The second kappa shape index (κ2) is 4.26. The fraction of sp³-hybridized carbons (Fsp3) is 0.182. The van der Waals surface area contributed by atoms with Crippen LogP contribution < -0.4 is 4.90 Å². The van der Waals surface area contributed by atoms with Crippen LogP contribution in [-0.4, -0.2) is 28.8 Å². The molecule has 18 heavy (non-hydrogen) atoms. The summed E-state index contributed by atoms with van der Waals surface area (Å²) in [5.74, 6) is -3.01. The molecule has 1 heterocycles. The number of rotatable bonds is 2. The Hall–Kier alpha value is -1.59. The van der Waals surface area contributed by atoms with Gasteiger partial charge in [-0.25, -0.2) is 4.79 Å². The molecule has 2 rings (SSSR count). The molecule has 1 atom stereocenters. The van der Waals surface area contributed by atoms with Crippen LogP contribution >= 0.6 is 23.2 Å². The molecule has 1 aromatic carbocycles. The van der Waals surface area contributed by atoms with Gasteiger partial charge in [0, 0.05) is 0 Å². The van der Waals surface area contributed by atoms with Crippen LogP contribution in [0.25, 0.3) is 0 Å². The van der Waals surface area contributed by atoms with Crippen molar-refractivity contribution in [2.45, 2.75) is 13.0 Å². The topological polar surface area (TPSA) is 74.7 Å². The SMILES string of the molecule is CC(C(=O)O)N1C(=O)C(=O)c2c(Cl)ccc(Cl)c21. The van der Waals surface area contributed by atoms with Gasteiger partial charge in [0.15, 0.2) is 0 Å². The lowest BCUT2D eigenvalue weighted by atomic mass is 10.1. The number of hydrogen-bond donors (Lipinski definition) is 1. The van der Waals surface area contributed by atoms with E-state index in [9.17, 15) is 14.4 Å². The maximum absolute atomic E-state index is 11.8. The normalized spacial score (nSPS) is 15.8. The monoisotopic (exact) mass is 287 g/mol. The standard InChI is InChI=1S/C11H7Cl2NO4/c1-4(11(17)18)14-8-6(13)3-2-5(12)7(8)9(15)10(14)16/h2-4H,1H3,(H,17,18). The van der Waals surface area contributed by atoms with Crippen molar-refractivity contribution < 1.29 is 19.5 Å². The third-order valence-electron chi connectivity index (χ3n) is 2.70. The van der Waals surface area contributed by atoms with Gasteiger partial charge in [-0.15, -0.1) is 0 Å². The highest BCUT2D eigenvalue weighted by atomic mass is 35.5. The minimum absolute atomic E-state index is 0.0396. The number of halogens is 2. The number of ketones is 1. The Balaban J connectivity index is 2.69. The Morgan fingerprint density at radius 2 is 1.83 bits per heavy atom. The Bertz CT molecular complexity index is 585. The maximum Gasteiger partial charge on any atom is 0.326 e. The van der Waals surface area contributed by atoms with Crippen LogP contribution in [0.2, 0.25) is 10.0 Å². The average molecular weight is 288 g/mol. The van der Waals surface area contributed by atoms with Gasteiger partial charge in [0.05, 0.1) is 21.3 Å². The summed E-state index contributed by atoms with van der Waals surface area (Å²) in [5, 5.41) is 9.14. The van der Waals surface area contributed by atoms with E-state index >= 15 is 0 Å². The summed E-state index contributed by atoms with van der Waals surface area (Å²) in [7, 11) is 0. The molecule has 7 heteroatoms. The van der Waals surface area contributed by atoms with Gasteiger partial charge in [-0.05, 0) is 19.1 Å². The summed E-state index contributed by atoms with van der Waals surface area (Å²) in [6.45, 7) is 1.29. The van der Waals surface area contributed by atoms with E-state index in [1.54, 1.807) is 0 Å². The zero-order valence-corrected chi connectivity index (χ0v) is 10.6. The zero-order valence-electron chi connectivity index (χ0n) is 9.11. The number of Topliss-reactive ketones (excluding diaryl/α,β-unsaturated/α-hetero) is 1. The Kier molecular flexibility index (Phi) is 3.04. The van der Waals surface area contributed by atoms with Gasteiger partial charge < -0.3 is 5.11 Å². The van der Waals surface area contributed by atoms with E-state index in [0.717, 1.165) is 4.90 Å². The summed E-state index contributed by atoms with van der Waals surface area (Å²) in [4.78, 5) is 35.4. The van der Waals surface area contributed by atoms with Crippen molar-refractivity contribution in [1.82, 2.24) is 0 Å². The number of carboxylic acid groups (broad SMARTS) is 1. The third kappa shape index (κ3) is 1.67. The number of aliphatic carboxylic acids is 1. The van der Waals surface area contributed by atoms with Crippen molar-refractivity contribution in [3.05, 3.63) is 27.7 Å². The number of nitrogens with zero attached hydrogens (tertiary/aromatic N) is 1. The Morgan fingerprint density at radius 3 is 2.39 bits per heavy atom. The predicted molar refractivity (Wildman–Crippen MR) is 65.4 cm³/mol. The van der Waals surface area contributed by atoms with Crippen LogP contribution in [-0.2, 0) is 9.59 Å². The lowest BCUT2D eigenvalue weighted by Gasteiger charge is -2.21. The van der Waals surface area contributed by atoms with E-state index in [2.05, 4.69) is 0 Å². The highest BCUT2D eigenvalue weighted by molar-refractivity contribution is 6.57. The average Bonchev–Trinajstić information content (AvgIpc) is 2.58.